The van der Waals surface area contributed by atoms with E-state index in [0.29, 0.717) is 11.1 Å². The van der Waals surface area contributed by atoms with Crippen LogP contribution >= 0.6 is 0 Å². The third kappa shape index (κ3) is 2.85. The number of fused-ring (bicyclic) bond motifs is 5. The number of rotatable bonds is 3. The van der Waals surface area contributed by atoms with Crippen LogP contribution in [0.4, 0.5) is 0 Å². The molecular formula is C22H26O8. The Labute approximate surface area is 174 Å². The van der Waals surface area contributed by atoms with E-state index in [1.807, 2.05) is 0 Å². The van der Waals surface area contributed by atoms with E-state index in [2.05, 4.69) is 6.58 Å². The summed E-state index contributed by atoms with van der Waals surface area (Å²) in [4.78, 5) is 37.0. The molecule has 1 N–H and O–H groups in total. The Morgan fingerprint density at radius 1 is 1.27 bits per heavy atom. The lowest BCUT2D eigenvalue weighted by molar-refractivity contribution is -0.168. The van der Waals surface area contributed by atoms with Crippen LogP contribution in [0.15, 0.2) is 34.9 Å². The predicted octanol–water partition coefficient (Wildman–Crippen LogP) is 1.37. The topological polar surface area (TPSA) is 112 Å². The summed E-state index contributed by atoms with van der Waals surface area (Å²) in [5, 5.41) is 11.2. The van der Waals surface area contributed by atoms with Gasteiger partial charge in [0.1, 0.15) is 23.9 Å². The van der Waals surface area contributed by atoms with Gasteiger partial charge in [-0.2, -0.15) is 0 Å². The first kappa shape index (κ1) is 20.8. The molecule has 4 aliphatic rings. The number of carbonyl (C=O) groups excluding carboxylic acids is 3. The van der Waals surface area contributed by atoms with Gasteiger partial charge in [0.05, 0.1) is 11.8 Å². The van der Waals surface area contributed by atoms with E-state index in [1.54, 1.807) is 33.8 Å². The maximum absolute atomic E-state index is 12.6. The number of esters is 3. The van der Waals surface area contributed by atoms with Crippen molar-refractivity contribution in [3.8, 4) is 0 Å². The molecule has 0 aromatic carbocycles. The standard InChI is InChI=1S/C22H26O8/c1-7-8(2)20(24)29-15-9(3)12-14(22(6,26)19-18(12)28-19)16-13(10(4)21(25)30-16)17(15)27-11(5)23/h7,13-19,26H,4H2,1-3,5-6H3/b8-7-/t13-,14-,15+,16-,17+,18+,19+,22-/m0/s1. The van der Waals surface area contributed by atoms with E-state index in [-0.39, 0.29) is 11.7 Å². The van der Waals surface area contributed by atoms with Crippen molar-refractivity contribution in [2.45, 2.75) is 70.7 Å². The van der Waals surface area contributed by atoms with E-state index >= 15 is 0 Å². The molecule has 1 saturated carbocycles. The molecule has 2 aliphatic heterocycles. The zero-order valence-corrected chi connectivity index (χ0v) is 17.6. The summed E-state index contributed by atoms with van der Waals surface area (Å²) in [7, 11) is 0. The number of aliphatic hydroxyl groups is 1. The summed E-state index contributed by atoms with van der Waals surface area (Å²) in [6.45, 7) is 11.8. The van der Waals surface area contributed by atoms with Gasteiger partial charge in [0.15, 0.2) is 12.2 Å². The zero-order valence-electron chi connectivity index (χ0n) is 17.6. The van der Waals surface area contributed by atoms with Gasteiger partial charge in [-0.1, -0.05) is 12.7 Å². The van der Waals surface area contributed by atoms with Crippen LogP contribution in [0.25, 0.3) is 0 Å². The summed E-state index contributed by atoms with van der Waals surface area (Å²) in [5.74, 6) is -3.13. The Bertz CT molecular complexity index is 910. The van der Waals surface area contributed by atoms with Gasteiger partial charge >= 0.3 is 17.9 Å². The zero-order chi connectivity index (χ0) is 22.1. The number of hydrogen-bond acceptors (Lipinski definition) is 8. The predicted molar refractivity (Wildman–Crippen MR) is 103 cm³/mol. The van der Waals surface area contributed by atoms with Crippen molar-refractivity contribution in [2.75, 3.05) is 0 Å². The fraction of sp³-hybridized carbons (Fsp3) is 0.591. The summed E-state index contributed by atoms with van der Waals surface area (Å²) in [6.07, 6.45) is -1.98. The number of hydrogen-bond donors (Lipinski definition) is 1. The van der Waals surface area contributed by atoms with Crippen molar-refractivity contribution in [3.63, 3.8) is 0 Å². The van der Waals surface area contributed by atoms with Crippen molar-refractivity contribution in [3.05, 3.63) is 34.9 Å². The first-order valence-corrected chi connectivity index (χ1v) is 10.00. The molecule has 4 rings (SSSR count). The second-order valence-corrected chi connectivity index (χ2v) is 8.61. The molecule has 8 atom stereocenters. The van der Waals surface area contributed by atoms with Crippen LogP contribution in [-0.2, 0) is 33.3 Å². The molecule has 0 bridgehead atoms. The van der Waals surface area contributed by atoms with Crippen LogP contribution in [-0.4, -0.2) is 59.1 Å². The quantitative estimate of drug-likeness (QED) is 0.241. The number of carbonyl (C=O) groups is 3. The number of allylic oxidation sites excluding steroid dienone is 1. The van der Waals surface area contributed by atoms with E-state index in [0.717, 1.165) is 5.57 Å². The molecule has 0 aromatic heterocycles. The number of epoxide rings is 1. The summed E-state index contributed by atoms with van der Waals surface area (Å²) < 4.78 is 22.7. The van der Waals surface area contributed by atoms with Gasteiger partial charge in [-0.25, -0.2) is 9.59 Å². The minimum Gasteiger partial charge on any atom is -0.457 e. The fourth-order valence-electron chi connectivity index (χ4n) is 5.12. The molecular weight excluding hydrogens is 392 g/mol. The van der Waals surface area contributed by atoms with E-state index in [9.17, 15) is 19.5 Å². The van der Waals surface area contributed by atoms with Gasteiger partial charge < -0.3 is 24.1 Å². The van der Waals surface area contributed by atoms with Gasteiger partial charge in [0, 0.05) is 18.1 Å². The van der Waals surface area contributed by atoms with Gasteiger partial charge in [-0.3, -0.25) is 4.79 Å². The van der Waals surface area contributed by atoms with Crippen LogP contribution in [0.1, 0.15) is 34.6 Å². The monoisotopic (exact) mass is 418 g/mol. The van der Waals surface area contributed by atoms with Gasteiger partial charge in [0.25, 0.3) is 0 Å². The van der Waals surface area contributed by atoms with Crippen molar-refractivity contribution < 1.29 is 38.4 Å². The average Bonchev–Trinajstić information content (AvgIpc) is 3.38. The normalized spacial score (nSPS) is 42.1. The first-order valence-electron chi connectivity index (χ1n) is 10.00. The summed E-state index contributed by atoms with van der Waals surface area (Å²) >= 11 is 0. The molecule has 30 heavy (non-hydrogen) atoms. The summed E-state index contributed by atoms with van der Waals surface area (Å²) in [5.41, 5.74) is 0.582. The van der Waals surface area contributed by atoms with Gasteiger partial charge in [-0.15, -0.1) is 0 Å². The summed E-state index contributed by atoms with van der Waals surface area (Å²) in [6, 6.07) is 0. The SMILES string of the molecule is C=C1C(=O)O[C@H]2[C@H]1[C@@H](OC(C)=O)[C@H](OC(=O)/C(C)=C\C)C(C)=C1[C@H]3O[C@H]3[C@@](C)(O)[C@@H]12. The largest absolute Gasteiger partial charge is 0.457 e. The lowest BCUT2D eigenvalue weighted by atomic mass is 9.78. The van der Waals surface area contributed by atoms with E-state index in [4.69, 9.17) is 18.9 Å². The Hall–Kier alpha value is -2.45. The fourth-order valence-corrected chi connectivity index (χ4v) is 5.12. The van der Waals surface area contributed by atoms with Crippen LogP contribution in [0.3, 0.4) is 0 Å². The highest BCUT2D eigenvalue weighted by Crippen LogP contribution is 2.60. The molecule has 0 spiro atoms. The highest BCUT2D eigenvalue weighted by atomic mass is 16.6. The smallest absolute Gasteiger partial charge is 0.334 e. The Kier molecular flexibility index (Phi) is 4.70. The molecule has 0 radical (unpaired) electrons. The van der Waals surface area contributed by atoms with Crippen molar-refractivity contribution in [1.29, 1.82) is 0 Å². The molecule has 0 amide bonds. The van der Waals surface area contributed by atoms with Crippen LogP contribution in [0.2, 0.25) is 0 Å². The van der Waals surface area contributed by atoms with E-state index < -0.39 is 59.8 Å². The molecule has 8 nitrogen and oxygen atoms in total. The maximum Gasteiger partial charge on any atom is 0.334 e. The average molecular weight is 418 g/mol. The Balaban J connectivity index is 1.88. The second-order valence-electron chi connectivity index (χ2n) is 8.61. The molecule has 2 heterocycles. The lowest BCUT2D eigenvalue weighted by Gasteiger charge is -2.35. The minimum absolute atomic E-state index is 0.126. The highest BCUT2D eigenvalue weighted by Gasteiger charge is 2.72. The Morgan fingerprint density at radius 3 is 2.53 bits per heavy atom. The molecule has 2 aliphatic carbocycles. The third-order valence-corrected chi connectivity index (χ3v) is 6.75. The molecule has 0 aromatic rings. The molecule has 0 unspecified atom stereocenters. The van der Waals surface area contributed by atoms with Crippen molar-refractivity contribution in [2.24, 2.45) is 11.8 Å². The lowest BCUT2D eigenvalue weighted by Crippen LogP contribution is -2.48. The third-order valence-electron chi connectivity index (χ3n) is 6.75. The Morgan fingerprint density at radius 2 is 1.93 bits per heavy atom. The minimum atomic E-state index is -1.30. The maximum atomic E-state index is 12.6. The molecule has 8 heteroatoms. The molecule has 2 saturated heterocycles. The van der Waals surface area contributed by atoms with Crippen LogP contribution in [0.5, 0.6) is 0 Å². The molecule has 162 valence electrons. The van der Waals surface area contributed by atoms with Crippen LogP contribution < -0.4 is 0 Å². The first-order chi connectivity index (χ1) is 14.0. The van der Waals surface area contributed by atoms with Gasteiger partial charge in [-0.05, 0) is 38.8 Å². The van der Waals surface area contributed by atoms with Crippen molar-refractivity contribution in [1.82, 2.24) is 0 Å². The highest BCUT2D eigenvalue weighted by molar-refractivity contribution is 5.91. The molecule has 3 fully saturated rings. The van der Waals surface area contributed by atoms with Crippen molar-refractivity contribution >= 4 is 17.9 Å². The number of ether oxygens (including phenoxy) is 4. The van der Waals surface area contributed by atoms with E-state index in [1.165, 1.54) is 6.92 Å². The van der Waals surface area contributed by atoms with Crippen LogP contribution in [0, 0.1) is 11.8 Å². The van der Waals surface area contributed by atoms with Gasteiger partial charge in [0.2, 0.25) is 0 Å². The second kappa shape index (κ2) is 6.78.